The fourth-order valence-electron chi connectivity index (χ4n) is 9.05. The van der Waals surface area contributed by atoms with Crippen molar-refractivity contribution in [3.8, 4) is 11.5 Å². The number of thioether (sulfide) groups is 1. The van der Waals surface area contributed by atoms with Gasteiger partial charge in [0.25, 0.3) is 0 Å². The Morgan fingerprint density at radius 2 is 1.62 bits per heavy atom. The third kappa shape index (κ3) is 12.6. The number of fused-ring (bicyclic) bond motifs is 3. The van der Waals surface area contributed by atoms with Crippen molar-refractivity contribution in [2.24, 2.45) is 11.8 Å². The van der Waals surface area contributed by atoms with E-state index in [-0.39, 0.29) is 105 Å². The van der Waals surface area contributed by atoms with Crippen LogP contribution in [0.15, 0.2) is 108 Å². The summed E-state index contributed by atoms with van der Waals surface area (Å²) in [4.78, 5) is 44.7. The lowest BCUT2D eigenvalue weighted by atomic mass is 9.86. The van der Waals surface area contributed by atoms with Gasteiger partial charge in [0.05, 0.1) is 29.3 Å². The maximum Gasteiger partial charge on any atom is 0.415 e. The fraction of sp³-hybridized carbons (Fsp3) is 0.373. The van der Waals surface area contributed by atoms with Crippen molar-refractivity contribution >= 4 is 68.7 Å². The molecule has 5 fully saturated rings. The molecule has 1 amide bonds. The monoisotopic (exact) mass is 1080 g/mol. The maximum atomic E-state index is 15.2. The Bertz CT molecular complexity index is 2950. The zero-order valence-corrected chi connectivity index (χ0v) is 42.1. The van der Waals surface area contributed by atoms with E-state index in [0.717, 1.165) is 67.2 Å². The Morgan fingerprint density at radius 3 is 2.33 bits per heavy atom. The van der Waals surface area contributed by atoms with Crippen LogP contribution in [0.3, 0.4) is 0 Å². The molecule has 0 unspecified atom stereocenters. The number of carbonyl (C=O) groups is 3. The number of aromatic nitrogens is 1. The summed E-state index contributed by atoms with van der Waals surface area (Å²) in [6.07, 6.45) is 3.27. The van der Waals surface area contributed by atoms with Gasteiger partial charge in [0.2, 0.25) is 10.0 Å². The van der Waals surface area contributed by atoms with Crippen LogP contribution in [0.2, 0.25) is 10.0 Å². The Morgan fingerprint density at radius 1 is 0.877 bits per heavy atom. The molecule has 4 aromatic carbocycles. The summed E-state index contributed by atoms with van der Waals surface area (Å²) in [6, 6.07) is 21.9. The van der Waals surface area contributed by atoms with Crippen LogP contribution in [0.25, 0.3) is 0 Å². The van der Waals surface area contributed by atoms with Gasteiger partial charge in [0.15, 0.2) is 29.3 Å². The number of carbonyl (C=O) groups excluding carboxylic acids is 3. The third-order valence-corrected chi connectivity index (χ3v) is 16.9. The minimum atomic E-state index is -4.41. The lowest BCUT2D eigenvalue weighted by molar-refractivity contribution is -0.605. The van der Waals surface area contributed by atoms with Crippen LogP contribution < -0.4 is 19.1 Å². The lowest BCUT2D eigenvalue weighted by Gasteiger charge is -2.44. The molecule has 1 saturated carbocycles. The number of piperidine rings is 3. The number of hydrogen-bond acceptors (Lipinski definition) is 13. The zero-order chi connectivity index (χ0) is 51.4. The molecule has 0 N–H and O–H groups in total. The van der Waals surface area contributed by atoms with E-state index in [1.807, 2.05) is 0 Å². The highest BCUT2D eigenvalue weighted by molar-refractivity contribution is 8.02. The molecule has 3 atom stereocenters. The molecule has 73 heavy (non-hydrogen) atoms. The second kappa shape index (κ2) is 22.8. The SMILES string of the molecule is O=C(OCc1cccc(S(=O)(=O)N2CCS[C@H]2C(=O)O[C@@H](Cc2c(Cl)c[n+]([O-])cc2Cl)c2ccc(OC(F)F)c(OCC3CC3)c2)c1)c1cccc(CN(C(=O)O[C@H]2CN3CCC2CC3)c2ccccc2F)c1. The van der Waals surface area contributed by atoms with Gasteiger partial charge in [0.1, 0.15) is 34.7 Å². The predicted molar refractivity (Wildman–Crippen MR) is 263 cm³/mol. The van der Waals surface area contributed by atoms with Crippen molar-refractivity contribution in [1.29, 1.82) is 0 Å². The molecule has 5 heterocycles. The minimum absolute atomic E-state index is 0.0199. The summed E-state index contributed by atoms with van der Waals surface area (Å²) < 4.78 is 100. The Kier molecular flexibility index (Phi) is 16.3. The Hall–Kier alpha value is -5.77. The number of rotatable bonds is 19. The molecule has 0 radical (unpaired) electrons. The van der Waals surface area contributed by atoms with Crippen molar-refractivity contribution in [1.82, 2.24) is 9.21 Å². The van der Waals surface area contributed by atoms with Gasteiger partial charge >= 0.3 is 24.6 Å². The molecule has 5 aliphatic rings. The summed E-state index contributed by atoms with van der Waals surface area (Å²) in [5.41, 5.74) is 1.42. The minimum Gasteiger partial charge on any atom is -0.619 e. The number of ether oxygens (including phenoxy) is 5. The van der Waals surface area contributed by atoms with E-state index < -0.39 is 52.0 Å². The molecule has 4 aliphatic heterocycles. The molecule has 10 rings (SSSR count). The van der Waals surface area contributed by atoms with E-state index in [2.05, 4.69) is 4.90 Å². The van der Waals surface area contributed by atoms with Gasteiger partial charge in [-0.05, 0) is 116 Å². The highest BCUT2D eigenvalue weighted by Gasteiger charge is 2.43. The van der Waals surface area contributed by atoms with Gasteiger partial charge in [-0.3, -0.25) is 9.80 Å². The standard InChI is InChI=1S/C51H49Cl2F3N4O11S2/c52-39-26-58(64)27-40(53)38(39)24-44(35-13-14-43(70-50(55)56)45(23-35)67-29-31-11-12-31)69-49(62)47-60(19-20-72-47)73(65,66)37-8-4-6-33(22-37)30-68-48(61)36-7-3-5-32(21-36)25-59(42-10-2-1-9-41(42)54)51(63)71-46-28-57-17-15-34(46)16-18-57/h1-10,13-14,21-23,26-27,31,34,44,46-47,50H,11-12,15-20,24-25,28-30H2/t44-,46-,47-/m0/s1. The molecule has 4 saturated heterocycles. The van der Waals surface area contributed by atoms with Gasteiger partial charge in [-0.2, -0.15) is 17.8 Å². The van der Waals surface area contributed by atoms with Gasteiger partial charge in [0, 0.05) is 30.8 Å². The normalized spacial score (nSPS) is 20.1. The number of para-hydroxylation sites is 1. The van der Waals surface area contributed by atoms with Gasteiger partial charge in [-0.25, -0.2) is 27.2 Å². The second-order valence-corrected chi connectivity index (χ2v) is 22.0. The maximum absolute atomic E-state index is 15.2. The average molecular weight is 1090 g/mol. The number of hydrogen-bond donors (Lipinski definition) is 0. The van der Waals surface area contributed by atoms with E-state index >= 15 is 4.39 Å². The molecule has 1 aliphatic carbocycles. The van der Waals surface area contributed by atoms with Gasteiger partial charge in [-0.15, -0.1) is 11.8 Å². The molecular weight excluding hydrogens is 1040 g/mol. The van der Waals surface area contributed by atoms with Crippen LogP contribution in [-0.4, -0.2) is 92.3 Å². The smallest absolute Gasteiger partial charge is 0.415 e. The predicted octanol–water partition coefficient (Wildman–Crippen LogP) is 9.34. The molecule has 5 aromatic rings. The highest BCUT2D eigenvalue weighted by Crippen LogP contribution is 2.40. The van der Waals surface area contributed by atoms with E-state index in [1.165, 1.54) is 71.6 Å². The van der Waals surface area contributed by atoms with Gasteiger partial charge < -0.3 is 28.9 Å². The van der Waals surface area contributed by atoms with E-state index in [4.69, 9.17) is 46.9 Å². The summed E-state index contributed by atoms with van der Waals surface area (Å²) in [7, 11) is -4.41. The van der Waals surface area contributed by atoms with Crippen LogP contribution in [-0.2, 0) is 48.6 Å². The number of benzene rings is 4. The first kappa shape index (κ1) is 52.1. The van der Waals surface area contributed by atoms with Crippen molar-refractivity contribution in [2.45, 2.75) is 74.3 Å². The summed E-state index contributed by atoms with van der Waals surface area (Å²) in [6.45, 7) is -0.954. The summed E-state index contributed by atoms with van der Waals surface area (Å²) in [5, 5.41) is 10.6. The van der Waals surface area contributed by atoms with Crippen LogP contribution in [0.5, 0.6) is 11.5 Å². The van der Waals surface area contributed by atoms with Crippen molar-refractivity contribution < 1.29 is 64.4 Å². The number of nitrogens with zero attached hydrogens (tertiary/aromatic N) is 4. The quantitative estimate of drug-likeness (QED) is 0.0332. The largest absolute Gasteiger partial charge is 0.619 e. The van der Waals surface area contributed by atoms with Crippen LogP contribution in [0.4, 0.5) is 23.7 Å². The molecule has 0 spiro atoms. The number of sulfonamides is 1. The second-order valence-electron chi connectivity index (χ2n) is 18.1. The molecular formula is C51H49Cl2F3N4O11S2. The molecule has 15 nitrogen and oxygen atoms in total. The molecule has 22 heteroatoms. The fourth-order valence-corrected chi connectivity index (χ4v) is 12.8. The average Bonchev–Trinajstić information content (AvgIpc) is 4.07. The number of anilines is 1. The molecule has 1 aromatic heterocycles. The number of esters is 2. The summed E-state index contributed by atoms with van der Waals surface area (Å²) >= 11 is 13.9. The third-order valence-electron chi connectivity index (χ3n) is 13.1. The Labute approximate surface area is 433 Å². The van der Waals surface area contributed by atoms with Crippen LogP contribution in [0, 0.1) is 22.9 Å². The first-order valence-corrected chi connectivity index (χ1v) is 26.8. The number of halogens is 5. The highest BCUT2D eigenvalue weighted by atomic mass is 35.5. The van der Waals surface area contributed by atoms with Crippen LogP contribution in [0.1, 0.15) is 64.4 Å². The zero-order valence-electron chi connectivity index (χ0n) is 39.0. The number of alkyl halides is 2. The van der Waals surface area contributed by atoms with Crippen molar-refractivity contribution in [3.05, 3.63) is 152 Å². The van der Waals surface area contributed by atoms with Gasteiger partial charge in [-0.1, -0.05) is 65.7 Å². The van der Waals surface area contributed by atoms with E-state index in [0.29, 0.717) is 22.4 Å². The lowest BCUT2D eigenvalue weighted by Crippen LogP contribution is -2.53. The summed E-state index contributed by atoms with van der Waals surface area (Å²) in [5.74, 6) is -1.93. The van der Waals surface area contributed by atoms with Crippen molar-refractivity contribution in [2.75, 3.05) is 43.4 Å². The first-order chi connectivity index (χ1) is 35.1. The van der Waals surface area contributed by atoms with E-state index in [1.54, 1.807) is 24.3 Å². The molecule has 2 bridgehead atoms. The Balaban J connectivity index is 0.884. The first-order valence-electron chi connectivity index (χ1n) is 23.5. The topological polar surface area (TPSA) is 168 Å². The number of amides is 1. The van der Waals surface area contributed by atoms with Crippen LogP contribution >= 0.6 is 35.0 Å². The van der Waals surface area contributed by atoms with Crippen molar-refractivity contribution in [3.63, 3.8) is 0 Å². The number of pyridine rings is 1. The van der Waals surface area contributed by atoms with E-state index in [9.17, 15) is 36.8 Å². The molecule has 386 valence electrons.